The smallest absolute Gasteiger partial charge is 0.329 e. The average molecular weight is 490 g/mol. The van der Waals surface area contributed by atoms with Gasteiger partial charge in [-0.3, -0.25) is 14.4 Å². The summed E-state index contributed by atoms with van der Waals surface area (Å²) in [5.41, 5.74) is 5.07. The molecule has 4 saturated carbocycles. The number of rotatable bonds is 6. The van der Waals surface area contributed by atoms with Gasteiger partial charge >= 0.3 is 5.97 Å². The number of likely N-dealkylation sites (tertiary alicyclic amines) is 1. The summed E-state index contributed by atoms with van der Waals surface area (Å²) >= 11 is 1.14. The number of aliphatic hydroxyl groups is 1. The molecule has 10 heteroatoms. The van der Waals surface area contributed by atoms with Gasteiger partial charge in [0.05, 0.1) is 17.1 Å². The molecule has 4 aliphatic carbocycles. The maximum absolute atomic E-state index is 13.8. The molecular weight excluding hydrogens is 458 g/mol. The van der Waals surface area contributed by atoms with Crippen LogP contribution in [0, 0.1) is 23.2 Å². The van der Waals surface area contributed by atoms with E-state index in [9.17, 15) is 24.3 Å². The highest BCUT2D eigenvalue weighted by Crippen LogP contribution is 2.60. The zero-order valence-electron chi connectivity index (χ0n) is 19.2. The number of carbonyl (C=O) groups excluding carboxylic acids is 4. The Morgan fingerprint density at radius 2 is 1.76 bits per heavy atom. The van der Waals surface area contributed by atoms with Gasteiger partial charge in [0.15, 0.2) is 6.10 Å². The first kappa shape index (κ1) is 23.3. The van der Waals surface area contributed by atoms with Gasteiger partial charge in [-0.25, -0.2) is 4.79 Å². The second-order valence-corrected chi connectivity index (χ2v) is 11.6. The molecule has 1 saturated heterocycles. The summed E-state index contributed by atoms with van der Waals surface area (Å²) in [4.78, 5) is 52.4. The summed E-state index contributed by atoms with van der Waals surface area (Å²) in [6, 6.07) is 0.598. The quantitative estimate of drug-likeness (QED) is 0.522. The molecule has 3 amide bonds. The van der Waals surface area contributed by atoms with Gasteiger partial charge < -0.3 is 25.8 Å². The molecule has 9 nitrogen and oxygen atoms in total. The van der Waals surface area contributed by atoms with Crippen LogP contribution in [0.15, 0.2) is 11.4 Å². The van der Waals surface area contributed by atoms with Crippen molar-refractivity contribution in [1.29, 1.82) is 0 Å². The van der Waals surface area contributed by atoms with Crippen LogP contribution < -0.4 is 11.1 Å². The molecule has 0 radical (unpaired) electrons. The molecule has 5 aliphatic rings. The molecule has 1 aromatic rings. The molecule has 184 valence electrons. The third-order valence-electron chi connectivity index (χ3n) is 8.13. The van der Waals surface area contributed by atoms with Crippen molar-refractivity contribution in [2.45, 2.75) is 70.1 Å². The lowest BCUT2D eigenvalue weighted by atomic mass is 9.49. The Morgan fingerprint density at radius 1 is 1.15 bits per heavy atom. The van der Waals surface area contributed by atoms with Crippen molar-refractivity contribution in [3.05, 3.63) is 17.0 Å². The minimum absolute atomic E-state index is 0.0353. The number of amides is 3. The fourth-order valence-corrected chi connectivity index (χ4v) is 7.85. The lowest BCUT2D eigenvalue weighted by molar-refractivity contribution is -0.168. The Balaban J connectivity index is 1.25. The van der Waals surface area contributed by atoms with Crippen LogP contribution in [0.2, 0.25) is 0 Å². The zero-order chi connectivity index (χ0) is 24.2. The van der Waals surface area contributed by atoms with Crippen LogP contribution in [0.5, 0.6) is 0 Å². The van der Waals surface area contributed by atoms with E-state index in [0.29, 0.717) is 17.8 Å². The van der Waals surface area contributed by atoms with Gasteiger partial charge in [-0.05, 0) is 74.6 Å². The van der Waals surface area contributed by atoms with Gasteiger partial charge in [-0.2, -0.15) is 0 Å². The summed E-state index contributed by atoms with van der Waals surface area (Å²) in [5.74, 6) is -0.251. The van der Waals surface area contributed by atoms with Crippen molar-refractivity contribution in [2.75, 3.05) is 11.9 Å². The summed E-state index contributed by atoms with van der Waals surface area (Å²) in [7, 11) is 0. The molecule has 1 aliphatic heterocycles. The summed E-state index contributed by atoms with van der Waals surface area (Å²) < 4.78 is 5.43. The molecule has 5 fully saturated rings. The number of hydrogen-bond donors (Lipinski definition) is 3. The molecule has 0 unspecified atom stereocenters. The van der Waals surface area contributed by atoms with Gasteiger partial charge in [-0.1, -0.05) is 0 Å². The number of anilines is 1. The molecule has 1 aromatic heterocycles. The first-order valence-electron chi connectivity index (χ1n) is 12.0. The van der Waals surface area contributed by atoms with Gasteiger partial charge in [0, 0.05) is 13.0 Å². The van der Waals surface area contributed by atoms with E-state index in [1.54, 1.807) is 5.38 Å². The van der Waals surface area contributed by atoms with E-state index in [0.717, 1.165) is 30.6 Å². The van der Waals surface area contributed by atoms with Crippen molar-refractivity contribution in [1.82, 2.24) is 4.90 Å². The number of aliphatic hydroxyl groups excluding tert-OH is 1. The number of β-amino-alcohol motifs (C(OH)–C–C–N with tert-alkyl or cyclic N) is 1. The lowest BCUT2D eigenvalue weighted by Crippen LogP contribution is -2.56. The molecule has 4 bridgehead atoms. The predicted molar refractivity (Wildman–Crippen MR) is 124 cm³/mol. The van der Waals surface area contributed by atoms with Crippen LogP contribution in [0.3, 0.4) is 0 Å². The number of primary amides is 1. The molecule has 2 heterocycles. The second kappa shape index (κ2) is 8.64. The number of nitrogens with two attached hydrogens (primary N) is 1. The van der Waals surface area contributed by atoms with Crippen LogP contribution in [0.1, 0.15) is 62.2 Å². The van der Waals surface area contributed by atoms with Crippen LogP contribution in [-0.2, 0) is 19.1 Å². The normalized spacial score (nSPS) is 34.6. The Morgan fingerprint density at radius 3 is 2.35 bits per heavy atom. The monoisotopic (exact) mass is 489 g/mol. The van der Waals surface area contributed by atoms with Crippen molar-refractivity contribution in [2.24, 2.45) is 28.9 Å². The molecule has 0 aromatic carbocycles. The van der Waals surface area contributed by atoms with Crippen LogP contribution in [-0.4, -0.2) is 58.5 Å². The number of carbonyl (C=O) groups is 4. The number of nitrogens with one attached hydrogen (secondary N) is 1. The number of hydrogen-bond acceptors (Lipinski definition) is 7. The number of ether oxygens (including phenoxy) is 1. The highest BCUT2D eigenvalue weighted by atomic mass is 32.1. The highest BCUT2D eigenvalue weighted by molar-refractivity contribution is 7.14. The van der Waals surface area contributed by atoms with Gasteiger partial charge in [0.25, 0.3) is 11.8 Å². The van der Waals surface area contributed by atoms with Crippen LogP contribution >= 0.6 is 11.3 Å². The fraction of sp³-hybridized carbons (Fsp3) is 0.667. The zero-order valence-corrected chi connectivity index (χ0v) is 20.0. The lowest BCUT2D eigenvalue weighted by Gasteiger charge is -2.56. The van der Waals surface area contributed by atoms with Gasteiger partial charge in [0.2, 0.25) is 5.91 Å². The minimum atomic E-state index is -1.15. The first-order chi connectivity index (χ1) is 16.1. The Bertz CT molecular complexity index is 987. The largest absolute Gasteiger partial charge is 0.451 e. The Labute approximate surface area is 202 Å². The maximum atomic E-state index is 13.8. The summed E-state index contributed by atoms with van der Waals surface area (Å²) in [6.07, 6.45) is 4.37. The van der Waals surface area contributed by atoms with E-state index >= 15 is 0 Å². The third-order valence-corrected chi connectivity index (χ3v) is 8.96. The molecule has 4 N–H and O–H groups in total. The molecular formula is C24H31N3O6S. The Hall–Kier alpha value is -2.46. The first-order valence-corrected chi connectivity index (χ1v) is 12.9. The van der Waals surface area contributed by atoms with Crippen molar-refractivity contribution < 1.29 is 29.0 Å². The van der Waals surface area contributed by atoms with Gasteiger partial charge in [0.1, 0.15) is 11.0 Å². The topological polar surface area (TPSA) is 139 Å². The highest BCUT2D eigenvalue weighted by Gasteiger charge is 2.57. The number of thiophene rings is 1. The van der Waals surface area contributed by atoms with Crippen molar-refractivity contribution in [3.63, 3.8) is 0 Å². The van der Waals surface area contributed by atoms with E-state index in [1.165, 1.54) is 37.2 Å². The average Bonchev–Trinajstić information content (AvgIpc) is 3.38. The van der Waals surface area contributed by atoms with Crippen LogP contribution in [0.25, 0.3) is 0 Å². The molecule has 0 spiro atoms. The number of esters is 1. The second-order valence-electron chi connectivity index (χ2n) is 10.7. The van der Waals surface area contributed by atoms with Crippen molar-refractivity contribution >= 4 is 40.0 Å². The SMILES string of the molecule is C[C@H](OC(=O)[C@@H]1C[C@@H](O)CN1C(=O)C12CC3CC(CC(C3)C1)C2)C(=O)Nc1sccc1C(N)=O. The van der Waals surface area contributed by atoms with E-state index in [-0.39, 0.29) is 29.4 Å². The molecule has 6 rings (SSSR count). The van der Waals surface area contributed by atoms with E-state index in [4.69, 9.17) is 10.5 Å². The minimum Gasteiger partial charge on any atom is -0.451 e. The van der Waals surface area contributed by atoms with Crippen molar-refractivity contribution in [3.8, 4) is 0 Å². The summed E-state index contributed by atoms with van der Waals surface area (Å²) in [5, 5.41) is 14.8. The molecule has 3 atom stereocenters. The standard InChI is InChI=1S/C24H31N3O6S/c1-12(20(30)26-21-17(19(25)29)2-3-34-21)33-22(31)18-7-16(28)11-27(18)23(32)24-8-13-4-14(9-24)6-15(5-13)10-24/h2-3,12-16,18,28H,4-11H2,1H3,(H2,25,29)(H,26,30)/t12-,13?,14?,15?,16+,18-,24?/m0/s1. The maximum Gasteiger partial charge on any atom is 0.329 e. The van der Waals surface area contributed by atoms with E-state index in [2.05, 4.69) is 5.32 Å². The predicted octanol–water partition coefficient (Wildman–Crippen LogP) is 1.90. The number of nitrogens with zero attached hydrogens (tertiary/aromatic N) is 1. The fourth-order valence-electron chi connectivity index (χ4n) is 7.06. The van der Waals surface area contributed by atoms with E-state index in [1.807, 2.05) is 0 Å². The Kier molecular flexibility index (Phi) is 5.92. The third kappa shape index (κ3) is 4.11. The molecule has 34 heavy (non-hydrogen) atoms. The van der Waals surface area contributed by atoms with E-state index < -0.39 is 41.4 Å². The van der Waals surface area contributed by atoms with Crippen LogP contribution in [0.4, 0.5) is 5.00 Å². The van der Waals surface area contributed by atoms with Gasteiger partial charge in [-0.15, -0.1) is 11.3 Å². The summed E-state index contributed by atoms with van der Waals surface area (Å²) in [6.45, 7) is 1.54.